The van der Waals surface area contributed by atoms with E-state index in [1.165, 1.54) is 25.0 Å². The summed E-state index contributed by atoms with van der Waals surface area (Å²) in [5.41, 5.74) is 4.05. The van der Waals surface area contributed by atoms with E-state index in [1.807, 2.05) is 28.8 Å². The van der Waals surface area contributed by atoms with Crippen LogP contribution in [-0.4, -0.2) is 27.7 Å². The Morgan fingerprint density at radius 1 is 1.21 bits per heavy atom. The SMILES string of the molecule is O=C(NCC1CC1)c1ncn2c1CN=C(c1ccccc1Br)c1cc(F)ccc1-2. The predicted octanol–water partition coefficient (Wildman–Crippen LogP) is 4.26. The number of aliphatic imine (C=N–C) groups is 1. The topological polar surface area (TPSA) is 59.3 Å². The van der Waals surface area contributed by atoms with Crippen LogP contribution in [0.1, 0.15) is 40.2 Å². The van der Waals surface area contributed by atoms with Gasteiger partial charge in [0.05, 0.1) is 23.6 Å². The molecule has 2 aliphatic rings. The van der Waals surface area contributed by atoms with Gasteiger partial charge in [0.25, 0.3) is 5.91 Å². The molecular weight excluding hydrogens is 435 g/mol. The molecule has 0 atom stereocenters. The smallest absolute Gasteiger partial charge is 0.271 e. The van der Waals surface area contributed by atoms with Gasteiger partial charge in [0, 0.05) is 22.1 Å². The lowest BCUT2D eigenvalue weighted by Gasteiger charge is -2.12. The molecule has 1 aliphatic heterocycles. The quantitative estimate of drug-likeness (QED) is 0.642. The van der Waals surface area contributed by atoms with Crippen LogP contribution in [0.15, 0.2) is 58.3 Å². The first-order chi connectivity index (χ1) is 14.1. The number of aromatic nitrogens is 2. The van der Waals surface area contributed by atoms with E-state index < -0.39 is 0 Å². The number of benzene rings is 2. The number of carbonyl (C=O) groups is 1. The third kappa shape index (κ3) is 3.40. The second-order valence-electron chi connectivity index (χ2n) is 7.37. The van der Waals surface area contributed by atoms with E-state index in [-0.39, 0.29) is 18.3 Å². The summed E-state index contributed by atoms with van der Waals surface area (Å²) in [6.07, 6.45) is 3.96. The maximum Gasteiger partial charge on any atom is 0.271 e. The summed E-state index contributed by atoms with van der Waals surface area (Å²) >= 11 is 3.57. The number of amides is 1. The summed E-state index contributed by atoms with van der Waals surface area (Å²) in [5, 5.41) is 2.97. The van der Waals surface area contributed by atoms with Crippen molar-refractivity contribution in [3.05, 3.63) is 81.6 Å². The molecule has 0 bridgehead atoms. The molecular formula is C22H18BrFN4O. The van der Waals surface area contributed by atoms with Gasteiger partial charge in [-0.2, -0.15) is 0 Å². The molecule has 146 valence electrons. The average Bonchev–Trinajstić information content (AvgIpc) is 3.48. The van der Waals surface area contributed by atoms with Crippen LogP contribution in [0.3, 0.4) is 0 Å². The van der Waals surface area contributed by atoms with Crippen LogP contribution in [0.5, 0.6) is 0 Å². The standard InChI is InChI=1S/C22H18BrFN4O/c23-17-4-2-1-3-15(17)20-16-9-14(24)7-8-18(16)28-12-27-21(19(28)11-25-20)22(29)26-10-13-5-6-13/h1-4,7-9,12-13H,5-6,10-11H2,(H,26,29). The molecule has 1 aromatic heterocycles. The highest BCUT2D eigenvalue weighted by Crippen LogP contribution is 2.30. The first-order valence-corrected chi connectivity index (χ1v) is 10.3. The minimum Gasteiger partial charge on any atom is -0.350 e. The molecule has 7 heteroatoms. The molecule has 1 aliphatic carbocycles. The van der Waals surface area contributed by atoms with E-state index >= 15 is 0 Å². The average molecular weight is 453 g/mol. The summed E-state index contributed by atoms with van der Waals surface area (Å²) < 4.78 is 16.9. The number of nitrogens with one attached hydrogen (secondary N) is 1. The van der Waals surface area contributed by atoms with Crippen molar-refractivity contribution in [1.29, 1.82) is 0 Å². The van der Waals surface area contributed by atoms with Crippen molar-refractivity contribution in [2.24, 2.45) is 10.9 Å². The third-order valence-corrected chi connectivity index (χ3v) is 6.01. The fraction of sp³-hybridized carbons (Fsp3) is 0.227. The van der Waals surface area contributed by atoms with Gasteiger partial charge in [0.2, 0.25) is 0 Å². The van der Waals surface area contributed by atoms with Crippen LogP contribution in [-0.2, 0) is 6.54 Å². The fourth-order valence-electron chi connectivity index (χ4n) is 3.60. The van der Waals surface area contributed by atoms with Crippen LogP contribution in [0.25, 0.3) is 5.69 Å². The zero-order chi connectivity index (χ0) is 20.0. The van der Waals surface area contributed by atoms with Crippen molar-refractivity contribution in [3.63, 3.8) is 0 Å². The second kappa shape index (κ2) is 7.22. The molecule has 5 nitrogen and oxygen atoms in total. The molecule has 1 amide bonds. The highest BCUT2D eigenvalue weighted by Gasteiger charge is 2.27. The van der Waals surface area contributed by atoms with E-state index in [0.29, 0.717) is 35.1 Å². The monoisotopic (exact) mass is 452 g/mol. The number of hydrogen-bond acceptors (Lipinski definition) is 3. The Morgan fingerprint density at radius 2 is 2.03 bits per heavy atom. The minimum atomic E-state index is -0.338. The van der Waals surface area contributed by atoms with E-state index in [9.17, 15) is 9.18 Å². The van der Waals surface area contributed by atoms with Gasteiger partial charge in [-0.25, -0.2) is 9.37 Å². The first-order valence-electron chi connectivity index (χ1n) is 9.56. The Kier molecular flexibility index (Phi) is 4.54. The highest BCUT2D eigenvalue weighted by atomic mass is 79.9. The lowest BCUT2D eigenvalue weighted by atomic mass is 10.0. The molecule has 0 saturated heterocycles. The van der Waals surface area contributed by atoms with Crippen molar-refractivity contribution in [1.82, 2.24) is 14.9 Å². The minimum absolute atomic E-state index is 0.186. The molecule has 0 spiro atoms. The first kappa shape index (κ1) is 18.2. The molecule has 3 aromatic rings. The van der Waals surface area contributed by atoms with Crippen molar-refractivity contribution >= 4 is 27.5 Å². The van der Waals surface area contributed by atoms with E-state index in [2.05, 4.69) is 26.2 Å². The van der Waals surface area contributed by atoms with Gasteiger partial charge < -0.3 is 5.32 Å². The van der Waals surface area contributed by atoms with E-state index in [0.717, 1.165) is 15.7 Å². The zero-order valence-corrected chi connectivity index (χ0v) is 17.1. The Balaban J connectivity index is 1.62. The Labute approximate surface area is 175 Å². The maximum atomic E-state index is 14.2. The highest BCUT2D eigenvalue weighted by molar-refractivity contribution is 9.10. The summed E-state index contributed by atoms with van der Waals surface area (Å²) in [6.45, 7) is 0.956. The van der Waals surface area contributed by atoms with E-state index in [1.54, 1.807) is 12.4 Å². The molecule has 2 aromatic carbocycles. The Morgan fingerprint density at radius 3 is 2.83 bits per heavy atom. The predicted molar refractivity (Wildman–Crippen MR) is 112 cm³/mol. The number of halogens is 2. The molecule has 1 fully saturated rings. The van der Waals surface area contributed by atoms with Crippen LogP contribution in [0.4, 0.5) is 4.39 Å². The maximum absolute atomic E-state index is 14.2. The van der Waals surface area contributed by atoms with Crippen LogP contribution < -0.4 is 5.32 Å². The second-order valence-corrected chi connectivity index (χ2v) is 8.22. The van der Waals surface area contributed by atoms with Crippen LogP contribution >= 0.6 is 15.9 Å². The third-order valence-electron chi connectivity index (χ3n) is 5.32. The van der Waals surface area contributed by atoms with Crippen molar-refractivity contribution in [2.45, 2.75) is 19.4 Å². The summed E-state index contributed by atoms with van der Waals surface area (Å²) in [4.78, 5) is 21.8. The van der Waals surface area contributed by atoms with Crippen LogP contribution in [0.2, 0.25) is 0 Å². The van der Waals surface area contributed by atoms with Gasteiger partial charge in [0.1, 0.15) is 12.1 Å². The van der Waals surface area contributed by atoms with Gasteiger partial charge in [-0.05, 0) is 43.0 Å². The van der Waals surface area contributed by atoms with E-state index in [4.69, 9.17) is 4.99 Å². The summed E-state index contributed by atoms with van der Waals surface area (Å²) in [7, 11) is 0. The van der Waals surface area contributed by atoms with Crippen molar-refractivity contribution in [3.8, 4) is 5.69 Å². The molecule has 2 heterocycles. The largest absolute Gasteiger partial charge is 0.350 e. The van der Waals surface area contributed by atoms with Crippen molar-refractivity contribution in [2.75, 3.05) is 6.54 Å². The van der Waals surface area contributed by atoms with Gasteiger partial charge in [-0.1, -0.05) is 34.1 Å². The molecule has 1 saturated carbocycles. The summed E-state index contributed by atoms with van der Waals surface area (Å²) in [5.74, 6) is 0.0623. The van der Waals surface area contributed by atoms with Crippen LogP contribution in [0, 0.1) is 11.7 Å². The molecule has 5 rings (SSSR count). The molecule has 29 heavy (non-hydrogen) atoms. The Bertz CT molecular complexity index is 1150. The number of imidazole rings is 1. The van der Waals surface area contributed by atoms with Gasteiger partial charge in [-0.15, -0.1) is 0 Å². The normalized spacial score (nSPS) is 15.2. The van der Waals surface area contributed by atoms with Gasteiger partial charge in [0.15, 0.2) is 5.69 Å². The lowest BCUT2D eigenvalue weighted by Crippen LogP contribution is -2.27. The van der Waals surface area contributed by atoms with Gasteiger partial charge in [-0.3, -0.25) is 14.4 Å². The molecule has 0 unspecified atom stereocenters. The Hall–Kier alpha value is -2.80. The number of hydrogen-bond donors (Lipinski definition) is 1. The molecule has 1 N–H and O–H groups in total. The number of nitrogens with zero attached hydrogens (tertiary/aromatic N) is 3. The van der Waals surface area contributed by atoms with Gasteiger partial charge >= 0.3 is 0 Å². The fourth-order valence-corrected chi connectivity index (χ4v) is 4.07. The molecule has 0 radical (unpaired) electrons. The van der Waals surface area contributed by atoms with Crippen molar-refractivity contribution < 1.29 is 9.18 Å². The summed E-state index contributed by atoms with van der Waals surface area (Å²) in [6, 6.07) is 12.3. The zero-order valence-electron chi connectivity index (χ0n) is 15.5. The number of fused-ring (bicyclic) bond motifs is 3. The number of carbonyl (C=O) groups excluding carboxylic acids is 1. The number of rotatable bonds is 4. The lowest BCUT2D eigenvalue weighted by molar-refractivity contribution is 0.0946.